The lowest BCUT2D eigenvalue weighted by molar-refractivity contribution is -0.140. The third kappa shape index (κ3) is 4.48. The van der Waals surface area contributed by atoms with Gasteiger partial charge < -0.3 is 24.4 Å². The van der Waals surface area contributed by atoms with Crippen LogP contribution in [0.4, 0.5) is 0 Å². The van der Waals surface area contributed by atoms with Crippen LogP contribution in [0.2, 0.25) is 0 Å². The first-order valence-corrected chi connectivity index (χ1v) is 10.7. The van der Waals surface area contributed by atoms with E-state index in [4.69, 9.17) is 9.47 Å². The van der Waals surface area contributed by atoms with E-state index in [2.05, 4.69) is 18.7 Å². The molecule has 0 radical (unpaired) electrons. The first-order chi connectivity index (χ1) is 15.5. The Balaban J connectivity index is 2.13. The van der Waals surface area contributed by atoms with E-state index in [0.29, 0.717) is 35.7 Å². The number of aliphatic hydroxyl groups excluding tert-OH is 1. The third-order valence-corrected chi connectivity index (χ3v) is 5.86. The van der Waals surface area contributed by atoms with Crippen LogP contribution in [0.25, 0.3) is 5.76 Å². The number of carbonyl (C=O) groups is 2. The predicted molar refractivity (Wildman–Crippen MR) is 123 cm³/mol. The van der Waals surface area contributed by atoms with E-state index in [1.165, 1.54) is 12.0 Å². The Morgan fingerprint density at radius 1 is 1.00 bits per heavy atom. The van der Waals surface area contributed by atoms with E-state index < -0.39 is 17.7 Å². The van der Waals surface area contributed by atoms with E-state index in [-0.39, 0.29) is 11.3 Å². The highest BCUT2D eigenvalue weighted by Gasteiger charge is 2.46. The molecule has 1 saturated heterocycles. The van der Waals surface area contributed by atoms with Gasteiger partial charge in [-0.15, -0.1) is 0 Å². The van der Waals surface area contributed by atoms with Gasteiger partial charge in [-0.2, -0.15) is 0 Å². The summed E-state index contributed by atoms with van der Waals surface area (Å²) < 4.78 is 10.8. The van der Waals surface area contributed by atoms with Crippen molar-refractivity contribution in [1.82, 2.24) is 9.80 Å². The molecule has 7 nitrogen and oxygen atoms in total. The SMILES string of the molecule is CCN(CC)CCN1C(=O)C(=O)/C(=C(\O)c2ccccc2)[C@@H]1c1ccc(OC)c(OC)c1. The van der Waals surface area contributed by atoms with Crippen LogP contribution < -0.4 is 9.47 Å². The first kappa shape index (κ1) is 23.3. The van der Waals surface area contributed by atoms with Gasteiger partial charge in [-0.1, -0.05) is 50.2 Å². The van der Waals surface area contributed by atoms with E-state index in [1.807, 2.05) is 6.07 Å². The van der Waals surface area contributed by atoms with Crippen molar-refractivity contribution in [1.29, 1.82) is 0 Å². The van der Waals surface area contributed by atoms with Gasteiger partial charge in [0.15, 0.2) is 11.5 Å². The average molecular weight is 439 g/mol. The molecule has 7 heteroatoms. The summed E-state index contributed by atoms with van der Waals surface area (Å²) in [7, 11) is 3.08. The zero-order chi connectivity index (χ0) is 23.3. The second-order valence-corrected chi connectivity index (χ2v) is 7.50. The molecule has 0 aliphatic carbocycles. The smallest absolute Gasteiger partial charge is 0.295 e. The number of amides is 1. The number of ketones is 1. The highest BCUT2D eigenvalue weighted by atomic mass is 16.5. The number of likely N-dealkylation sites (N-methyl/N-ethyl adjacent to an activating group) is 1. The Bertz CT molecular complexity index is 999. The Morgan fingerprint density at radius 3 is 2.25 bits per heavy atom. The number of ether oxygens (including phenoxy) is 2. The van der Waals surface area contributed by atoms with Crippen molar-refractivity contribution in [2.45, 2.75) is 19.9 Å². The molecular formula is C25H30N2O5. The molecule has 1 aliphatic heterocycles. The van der Waals surface area contributed by atoms with Crippen molar-refractivity contribution >= 4 is 17.4 Å². The van der Waals surface area contributed by atoms with Gasteiger partial charge in [-0.3, -0.25) is 9.59 Å². The molecule has 32 heavy (non-hydrogen) atoms. The predicted octanol–water partition coefficient (Wildman–Crippen LogP) is 3.47. The number of Topliss-reactive ketones (excluding diaryl/α,β-unsaturated/α-hetero) is 1. The molecule has 2 aromatic rings. The molecule has 1 atom stereocenters. The monoisotopic (exact) mass is 438 g/mol. The van der Waals surface area contributed by atoms with Crippen molar-refractivity contribution in [3.63, 3.8) is 0 Å². The molecule has 1 aliphatic rings. The number of aliphatic hydroxyl groups is 1. The standard InChI is InChI=1S/C25H30N2O5/c1-5-26(6-2)14-15-27-22(18-12-13-19(31-3)20(16-18)32-4)21(24(29)25(27)30)23(28)17-10-8-7-9-11-17/h7-13,16,22,28H,5-6,14-15H2,1-4H3/b23-21-/t22-/m0/s1. The average Bonchev–Trinajstić information content (AvgIpc) is 3.09. The van der Waals surface area contributed by atoms with Crippen molar-refractivity contribution in [2.24, 2.45) is 0 Å². The normalized spacial score (nSPS) is 17.8. The Kier molecular flexibility index (Phi) is 7.53. The van der Waals surface area contributed by atoms with Gasteiger partial charge in [0.05, 0.1) is 25.8 Å². The lowest BCUT2D eigenvalue weighted by atomic mass is 9.95. The van der Waals surface area contributed by atoms with Crippen LogP contribution in [0.15, 0.2) is 54.1 Å². The van der Waals surface area contributed by atoms with Crippen LogP contribution in [0.5, 0.6) is 11.5 Å². The Hall–Kier alpha value is -3.32. The molecule has 0 saturated carbocycles. The third-order valence-electron chi connectivity index (χ3n) is 5.86. The largest absolute Gasteiger partial charge is 0.507 e. The number of rotatable bonds is 9. The number of nitrogens with zero attached hydrogens (tertiary/aromatic N) is 2. The lowest BCUT2D eigenvalue weighted by Gasteiger charge is -2.28. The van der Waals surface area contributed by atoms with Crippen LogP contribution in [-0.2, 0) is 9.59 Å². The summed E-state index contributed by atoms with van der Waals surface area (Å²) in [5.74, 6) is -0.465. The minimum atomic E-state index is -0.731. The number of hydrogen-bond donors (Lipinski definition) is 1. The summed E-state index contributed by atoms with van der Waals surface area (Å²) in [6.07, 6.45) is 0. The number of benzene rings is 2. The van der Waals surface area contributed by atoms with Crippen LogP contribution in [0, 0.1) is 0 Å². The number of methoxy groups -OCH3 is 2. The summed E-state index contributed by atoms with van der Waals surface area (Å²) >= 11 is 0. The summed E-state index contributed by atoms with van der Waals surface area (Å²) in [6, 6.07) is 13.3. The molecule has 1 N–H and O–H groups in total. The van der Waals surface area contributed by atoms with Crippen LogP contribution >= 0.6 is 0 Å². The van der Waals surface area contributed by atoms with Gasteiger partial charge in [-0.05, 0) is 30.8 Å². The van der Waals surface area contributed by atoms with Gasteiger partial charge in [-0.25, -0.2) is 0 Å². The van der Waals surface area contributed by atoms with Crippen LogP contribution in [0.3, 0.4) is 0 Å². The maximum absolute atomic E-state index is 13.1. The highest BCUT2D eigenvalue weighted by Crippen LogP contribution is 2.41. The van der Waals surface area contributed by atoms with E-state index in [9.17, 15) is 14.7 Å². The fourth-order valence-corrected chi connectivity index (χ4v) is 4.02. The molecule has 0 unspecified atom stereocenters. The van der Waals surface area contributed by atoms with Gasteiger partial charge in [0, 0.05) is 18.7 Å². The molecule has 0 aromatic heterocycles. The molecule has 1 amide bonds. The molecule has 1 heterocycles. The molecule has 1 fully saturated rings. The second kappa shape index (κ2) is 10.3. The topological polar surface area (TPSA) is 79.3 Å². The second-order valence-electron chi connectivity index (χ2n) is 7.50. The first-order valence-electron chi connectivity index (χ1n) is 10.7. The van der Waals surface area contributed by atoms with Crippen molar-refractivity contribution in [2.75, 3.05) is 40.4 Å². The summed E-state index contributed by atoms with van der Waals surface area (Å²) in [5, 5.41) is 11.1. The number of likely N-dealkylation sites (tertiary alicyclic amines) is 1. The van der Waals surface area contributed by atoms with Crippen molar-refractivity contribution in [3.05, 3.63) is 65.2 Å². The summed E-state index contributed by atoms with van der Waals surface area (Å²) in [6.45, 7) is 6.76. The molecular weight excluding hydrogens is 408 g/mol. The molecule has 2 aromatic carbocycles. The minimum Gasteiger partial charge on any atom is -0.507 e. The quantitative estimate of drug-likeness (QED) is 0.367. The van der Waals surface area contributed by atoms with Crippen molar-refractivity contribution in [3.8, 4) is 11.5 Å². The zero-order valence-corrected chi connectivity index (χ0v) is 19.0. The van der Waals surface area contributed by atoms with E-state index >= 15 is 0 Å². The van der Waals surface area contributed by atoms with Gasteiger partial charge in [0.2, 0.25) is 0 Å². The fourth-order valence-electron chi connectivity index (χ4n) is 4.02. The maximum Gasteiger partial charge on any atom is 0.295 e. The summed E-state index contributed by atoms with van der Waals surface area (Å²) in [4.78, 5) is 29.9. The maximum atomic E-state index is 13.1. The summed E-state index contributed by atoms with van der Waals surface area (Å²) in [5.41, 5.74) is 1.23. The van der Waals surface area contributed by atoms with E-state index in [1.54, 1.807) is 49.6 Å². The number of carbonyl (C=O) groups excluding carboxylic acids is 2. The molecule has 0 spiro atoms. The van der Waals surface area contributed by atoms with Gasteiger partial charge in [0.25, 0.3) is 11.7 Å². The molecule has 0 bridgehead atoms. The lowest BCUT2D eigenvalue weighted by Crippen LogP contribution is -2.38. The zero-order valence-electron chi connectivity index (χ0n) is 19.0. The fraction of sp³-hybridized carbons (Fsp3) is 0.360. The minimum absolute atomic E-state index is 0.0768. The van der Waals surface area contributed by atoms with Gasteiger partial charge in [0.1, 0.15) is 5.76 Å². The Morgan fingerprint density at radius 2 is 1.66 bits per heavy atom. The van der Waals surface area contributed by atoms with E-state index in [0.717, 1.165) is 13.1 Å². The van der Waals surface area contributed by atoms with Gasteiger partial charge >= 0.3 is 0 Å². The highest BCUT2D eigenvalue weighted by molar-refractivity contribution is 6.46. The van der Waals surface area contributed by atoms with Crippen LogP contribution in [0.1, 0.15) is 31.0 Å². The van der Waals surface area contributed by atoms with Crippen molar-refractivity contribution < 1.29 is 24.2 Å². The number of hydrogen-bond acceptors (Lipinski definition) is 6. The Labute approximate surface area is 188 Å². The van der Waals surface area contributed by atoms with Crippen LogP contribution in [-0.4, -0.2) is 67.0 Å². The molecule has 3 rings (SSSR count). The molecule has 170 valence electrons.